The molecule has 2 aliphatic heterocycles. The van der Waals surface area contributed by atoms with Gasteiger partial charge in [0.25, 0.3) is 0 Å². The highest BCUT2D eigenvalue weighted by Crippen LogP contribution is 2.39. The molecule has 0 saturated carbocycles. The minimum absolute atomic E-state index is 0.0160. The van der Waals surface area contributed by atoms with Crippen LogP contribution >= 0.6 is 0 Å². The lowest BCUT2D eigenvalue weighted by Crippen LogP contribution is -2.59. The number of likely N-dealkylation sites (N-methyl/N-ethyl adjacent to an activating group) is 1. The Bertz CT molecular complexity index is 1370. The molecule has 11 heteroatoms. The summed E-state index contributed by atoms with van der Waals surface area (Å²) in [5.74, 6) is -1.74. The van der Waals surface area contributed by atoms with E-state index in [1.54, 1.807) is 18.9 Å². The summed E-state index contributed by atoms with van der Waals surface area (Å²) in [5.41, 5.74) is 0.0120. The van der Waals surface area contributed by atoms with Crippen molar-refractivity contribution in [1.82, 2.24) is 19.8 Å². The Morgan fingerprint density at radius 1 is 1.05 bits per heavy atom. The number of likely N-dealkylation sites (tertiary alicyclic amines) is 1. The molecule has 0 radical (unpaired) electrons. The number of sulfonamides is 1. The molecule has 3 N–H and O–H groups in total. The lowest BCUT2D eigenvalue weighted by Gasteiger charge is -2.37. The molecule has 10 nitrogen and oxygen atoms in total. The Morgan fingerprint density at radius 3 is 2.36 bits per heavy atom. The smallest absolute Gasteiger partial charge is 0.246 e. The Kier molecular flexibility index (Phi) is 8.07. The van der Waals surface area contributed by atoms with Gasteiger partial charge in [-0.2, -0.15) is 4.31 Å². The SMILES string of the molecule is CN[C@@H](C)C(=O)N[C@H](C(=O)N1CC[C@@H]2[C@H]1[C@@H](C(=O)Nc1cccc3ccccc13)CN2S(C)(=O)=O)C(C)(C)C. The highest BCUT2D eigenvalue weighted by Gasteiger charge is 2.56. The molecule has 0 spiro atoms. The molecule has 2 aliphatic rings. The molecule has 2 saturated heterocycles. The van der Waals surface area contributed by atoms with E-state index in [-0.39, 0.29) is 24.3 Å². The third-order valence-corrected chi connectivity index (χ3v) is 9.17. The van der Waals surface area contributed by atoms with Gasteiger partial charge in [0.2, 0.25) is 27.7 Å². The van der Waals surface area contributed by atoms with Crippen LogP contribution in [0.4, 0.5) is 5.69 Å². The van der Waals surface area contributed by atoms with Crippen LogP contribution in [-0.4, -0.2) is 85.9 Å². The average Bonchev–Trinajstić information content (AvgIpc) is 3.46. The first-order valence-electron chi connectivity index (χ1n) is 13.3. The van der Waals surface area contributed by atoms with Gasteiger partial charge in [0.05, 0.1) is 24.3 Å². The second-order valence-electron chi connectivity index (χ2n) is 11.7. The molecule has 2 aromatic rings. The van der Waals surface area contributed by atoms with E-state index in [0.29, 0.717) is 18.7 Å². The van der Waals surface area contributed by atoms with Crippen molar-refractivity contribution in [2.45, 2.75) is 58.3 Å². The minimum atomic E-state index is -3.62. The zero-order chi connectivity index (χ0) is 28.7. The average molecular weight is 558 g/mol. The first-order chi connectivity index (χ1) is 18.2. The van der Waals surface area contributed by atoms with Crippen molar-refractivity contribution in [3.05, 3.63) is 42.5 Å². The van der Waals surface area contributed by atoms with Crippen LogP contribution in [-0.2, 0) is 24.4 Å². The third kappa shape index (κ3) is 5.80. The first kappa shape index (κ1) is 29.0. The van der Waals surface area contributed by atoms with Crippen molar-refractivity contribution in [2.75, 3.05) is 31.7 Å². The van der Waals surface area contributed by atoms with Crippen LogP contribution in [0.5, 0.6) is 0 Å². The van der Waals surface area contributed by atoms with E-state index in [1.807, 2.05) is 63.2 Å². The van der Waals surface area contributed by atoms with Crippen LogP contribution in [0.3, 0.4) is 0 Å². The lowest BCUT2D eigenvalue weighted by molar-refractivity contribution is -0.141. The Hall–Kier alpha value is -3.02. The van der Waals surface area contributed by atoms with Crippen LogP contribution < -0.4 is 16.0 Å². The maximum Gasteiger partial charge on any atom is 0.246 e. The molecule has 2 heterocycles. The van der Waals surface area contributed by atoms with Crippen molar-refractivity contribution in [1.29, 1.82) is 0 Å². The van der Waals surface area contributed by atoms with Crippen molar-refractivity contribution in [3.63, 3.8) is 0 Å². The van der Waals surface area contributed by atoms with Crippen LogP contribution in [0.2, 0.25) is 0 Å². The van der Waals surface area contributed by atoms with E-state index >= 15 is 0 Å². The van der Waals surface area contributed by atoms with Gasteiger partial charge < -0.3 is 20.9 Å². The number of rotatable bonds is 7. The Morgan fingerprint density at radius 2 is 1.72 bits per heavy atom. The monoisotopic (exact) mass is 557 g/mol. The van der Waals surface area contributed by atoms with Gasteiger partial charge in [0, 0.05) is 30.2 Å². The zero-order valence-corrected chi connectivity index (χ0v) is 24.2. The number of amides is 3. The number of hydrogen-bond donors (Lipinski definition) is 3. The number of carbonyl (C=O) groups is 3. The maximum atomic E-state index is 14.0. The molecule has 212 valence electrons. The number of anilines is 1. The van der Waals surface area contributed by atoms with Gasteiger partial charge in [-0.25, -0.2) is 8.42 Å². The molecule has 2 aromatic carbocycles. The van der Waals surface area contributed by atoms with E-state index in [1.165, 1.54) is 4.31 Å². The molecule has 0 aromatic heterocycles. The number of nitrogens with one attached hydrogen (secondary N) is 3. The van der Waals surface area contributed by atoms with Gasteiger partial charge in [-0.1, -0.05) is 57.2 Å². The van der Waals surface area contributed by atoms with Gasteiger partial charge >= 0.3 is 0 Å². The summed E-state index contributed by atoms with van der Waals surface area (Å²) < 4.78 is 26.8. The summed E-state index contributed by atoms with van der Waals surface area (Å²) in [6.45, 7) is 7.60. The predicted octanol–water partition coefficient (Wildman–Crippen LogP) is 1.78. The van der Waals surface area contributed by atoms with Crippen LogP contribution in [0.15, 0.2) is 42.5 Å². The Balaban J connectivity index is 1.66. The van der Waals surface area contributed by atoms with Gasteiger partial charge in [0.15, 0.2) is 0 Å². The molecule has 0 unspecified atom stereocenters. The molecule has 0 aliphatic carbocycles. The number of benzene rings is 2. The molecule has 2 fully saturated rings. The number of fused-ring (bicyclic) bond motifs is 2. The van der Waals surface area contributed by atoms with E-state index < -0.39 is 45.5 Å². The topological polar surface area (TPSA) is 128 Å². The molecule has 5 atom stereocenters. The third-order valence-electron chi connectivity index (χ3n) is 7.90. The minimum Gasteiger partial charge on any atom is -0.342 e. The van der Waals surface area contributed by atoms with Crippen molar-refractivity contribution in [3.8, 4) is 0 Å². The fourth-order valence-electron chi connectivity index (χ4n) is 5.69. The molecule has 0 bridgehead atoms. The second kappa shape index (κ2) is 10.9. The summed E-state index contributed by atoms with van der Waals surface area (Å²) in [7, 11) is -1.96. The van der Waals surface area contributed by atoms with Crippen LogP contribution in [0.25, 0.3) is 10.8 Å². The van der Waals surface area contributed by atoms with Crippen molar-refractivity contribution >= 4 is 44.2 Å². The summed E-state index contributed by atoms with van der Waals surface area (Å²) in [6, 6.07) is 10.8. The lowest BCUT2D eigenvalue weighted by atomic mass is 9.85. The quantitative estimate of drug-likeness (QED) is 0.476. The number of carbonyl (C=O) groups excluding carboxylic acids is 3. The predicted molar refractivity (Wildman–Crippen MR) is 151 cm³/mol. The summed E-state index contributed by atoms with van der Waals surface area (Å²) in [5, 5.41) is 10.6. The maximum absolute atomic E-state index is 14.0. The molecular weight excluding hydrogens is 518 g/mol. The second-order valence-corrected chi connectivity index (χ2v) is 13.6. The number of nitrogens with zero attached hydrogens (tertiary/aromatic N) is 2. The van der Waals surface area contributed by atoms with Gasteiger partial charge in [-0.05, 0) is 37.3 Å². The van der Waals surface area contributed by atoms with Crippen molar-refractivity contribution in [2.24, 2.45) is 11.3 Å². The van der Waals surface area contributed by atoms with Crippen LogP contribution in [0.1, 0.15) is 34.1 Å². The molecule has 39 heavy (non-hydrogen) atoms. The molecular formula is C28H39N5O5S. The van der Waals surface area contributed by atoms with Crippen molar-refractivity contribution < 1.29 is 22.8 Å². The summed E-state index contributed by atoms with van der Waals surface area (Å²) in [4.78, 5) is 42.2. The number of hydrogen-bond acceptors (Lipinski definition) is 6. The Labute approximate surface area is 230 Å². The summed E-state index contributed by atoms with van der Waals surface area (Å²) in [6.07, 6.45) is 1.55. The fourth-order valence-corrected chi connectivity index (χ4v) is 6.84. The van der Waals surface area contributed by atoms with Gasteiger partial charge in [0.1, 0.15) is 6.04 Å². The van der Waals surface area contributed by atoms with E-state index in [9.17, 15) is 22.8 Å². The van der Waals surface area contributed by atoms with Gasteiger partial charge in [-0.15, -0.1) is 0 Å². The fraction of sp³-hybridized carbons (Fsp3) is 0.536. The largest absolute Gasteiger partial charge is 0.342 e. The molecule has 3 amide bonds. The van der Waals surface area contributed by atoms with E-state index in [0.717, 1.165) is 17.0 Å². The summed E-state index contributed by atoms with van der Waals surface area (Å²) >= 11 is 0. The molecule has 4 rings (SSSR count). The highest BCUT2D eigenvalue weighted by atomic mass is 32.2. The standard InChI is InChI=1S/C28H39N5O5S/c1-17(29-5)25(34)31-24(28(2,3)4)27(36)32-15-14-22-23(32)20(16-33(22)39(6,37)38)26(35)30-21-13-9-11-18-10-7-8-12-19(18)21/h7-13,17,20,22-24,29H,14-16H2,1-6H3,(H,30,35)(H,31,34)/t17-,20-,22+,23+,24+/m0/s1. The van der Waals surface area contributed by atoms with Gasteiger partial charge in [-0.3, -0.25) is 14.4 Å². The first-order valence-corrected chi connectivity index (χ1v) is 15.1. The zero-order valence-electron chi connectivity index (χ0n) is 23.4. The van der Waals surface area contributed by atoms with E-state index in [4.69, 9.17) is 0 Å². The van der Waals surface area contributed by atoms with E-state index in [2.05, 4.69) is 16.0 Å². The normalized spacial score (nSPS) is 23.3. The highest BCUT2D eigenvalue weighted by molar-refractivity contribution is 7.88. The van der Waals surface area contributed by atoms with Crippen LogP contribution in [0, 0.1) is 11.3 Å².